The van der Waals surface area contributed by atoms with Gasteiger partial charge in [0, 0.05) is 29.0 Å². The molecule has 0 saturated heterocycles. The lowest BCUT2D eigenvalue weighted by Crippen LogP contribution is -2.44. The van der Waals surface area contributed by atoms with Crippen molar-refractivity contribution in [1.82, 2.24) is 4.72 Å². The molecule has 2 aromatic carbocycles. The van der Waals surface area contributed by atoms with Crippen LogP contribution in [0.2, 0.25) is 0 Å². The smallest absolute Gasteiger partial charge is 0.324 e. The van der Waals surface area contributed by atoms with Crippen molar-refractivity contribution < 1.29 is 27.3 Å². The molecule has 0 bridgehead atoms. The first-order valence-corrected chi connectivity index (χ1v) is 9.83. The summed E-state index contributed by atoms with van der Waals surface area (Å²) >= 11 is 0. The van der Waals surface area contributed by atoms with Crippen molar-refractivity contribution in [3.8, 4) is 0 Å². The quantitative estimate of drug-likeness (QED) is 0.378. The Bertz CT molecular complexity index is 1180. The molecule has 148 valence electrons. The summed E-state index contributed by atoms with van der Waals surface area (Å²) in [6, 6.07) is 7.30. The van der Waals surface area contributed by atoms with Crippen LogP contribution >= 0.6 is 0 Å². The van der Waals surface area contributed by atoms with Gasteiger partial charge in [0.25, 0.3) is 5.69 Å². The summed E-state index contributed by atoms with van der Waals surface area (Å²) in [5.74, 6) is -1.01. The van der Waals surface area contributed by atoms with Crippen molar-refractivity contribution >= 4 is 43.6 Å². The van der Waals surface area contributed by atoms with E-state index in [0.29, 0.717) is 16.4 Å². The van der Waals surface area contributed by atoms with Gasteiger partial charge in [0.1, 0.15) is 17.2 Å². The molecule has 0 aliphatic carbocycles. The minimum atomic E-state index is -4.03. The molecule has 28 heavy (non-hydrogen) atoms. The van der Waals surface area contributed by atoms with E-state index in [-0.39, 0.29) is 22.1 Å². The first kappa shape index (κ1) is 19.8. The lowest BCUT2D eigenvalue weighted by molar-refractivity contribution is -0.384. The SMILES string of the molecule is COC(=O)[C@@H](NS(=O)(=O)c1ccc2c(c1)oc1ccc([N+](=O)[O-])cc12)C(C)C. The van der Waals surface area contributed by atoms with E-state index >= 15 is 0 Å². The molecular formula is C18H18N2O7S. The van der Waals surface area contributed by atoms with E-state index in [0.717, 1.165) is 0 Å². The molecular weight excluding hydrogens is 388 g/mol. The monoisotopic (exact) mass is 406 g/mol. The highest BCUT2D eigenvalue weighted by atomic mass is 32.2. The number of methoxy groups -OCH3 is 1. The standard InChI is InChI=1S/C18H18N2O7S/c1-10(2)17(18(21)26-3)19-28(24,25)12-5-6-13-14-8-11(20(22)23)4-7-15(14)27-16(13)9-12/h4-10,17,19H,1-3H3/t17-/m0/s1. The molecule has 0 aliphatic rings. The fourth-order valence-electron chi connectivity index (χ4n) is 2.84. The molecule has 0 spiro atoms. The molecule has 0 radical (unpaired) electrons. The second kappa shape index (κ2) is 7.21. The number of furan rings is 1. The molecule has 0 unspecified atom stereocenters. The summed E-state index contributed by atoms with van der Waals surface area (Å²) < 4.78 is 38.1. The predicted molar refractivity (Wildman–Crippen MR) is 101 cm³/mol. The summed E-state index contributed by atoms with van der Waals surface area (Å²) in [6.45, 7) is 3.39. The van der Waals surface area contributed by atoms with Gasteiger partial charge in [0.15, 0.2) is 0 Å². The molecule has 0 aliphatic heterocycles. The Hall–Kier alpha value is -2.98. The number of nitrogens with one attached hydrogen (secondary N) is 1. The minimum absolute atomic E-state index is 0.0913. The zero-order valence-corrected chi connectivity index (χ0v) is 16.1. The number of fused-ring (bicyclic) bond motifs is 3. The number of hydrogen-bond acceptors (Lipinski definition) is 7. The number of rotatable bonds is 6. The van der Waals surface area contributed by atoms with E-state index in [9.17, 15) is 23.3 Å². The Morgan fingerprint density at radius 2 is 1.86 bits per heavy atom. The largest absolute Gasteiger partial charge is 0.468 e. The van der Waals surface area contributed by atoms with E-state index in [4.69, 9.17) is 4.42 Å². The third-order valence-electron chi connectivity index (χ3n) is 4.35. The third-order valence-corrected chi connectivity index (χ3v) is 5.79. The van der Waals surface area contributed by atoms with Gasteiger partial charge in [-0.3, -0.25) is 14.9 Å². The van der Waals surface area contributed by atoms with Crippen molar-refractivity contribution in [3.05, 3.63) is 46.5 Å². The van der Waals surface area contributed by atoms with E-state index in [1.807, 2.05) is 0 Å². The first-order valence-electron chi connectivity index (χ1n) is 8.35. The molecule has 0 amide bonds. The molecule has 3 aromatic rings. The summed E-state index contributed by atoms with van der Waals surface area (Å²) in [6.07, 6.45) is 0. The van der Waals surface area contributed by atoms with Gasteiger partial charge in [0.2, 0.25) is 10.0 Å². The van der Waals surface area contributed by atoms with Gasteiger partial charge in [-0.05, 0) is 24.1 Å². The zero-order valence-electron chi connectivity index (χ0n) is 15.3. The first-order chi connectivity index (χ1) is 13.1. The topological polar surface area (TPSA) is 129 Å². The fraction of sp³-hybridized carbons (Fsp3) is 0.278. The van der Waals surface area contributed by atoms with Gasteiger partial charge >= 0.3 is 5.97 Å². The molecule has 1 N–H and O–H groups in total. The predicted octanol–water partition coefficient (Wildman–Crippen LogP) is 2.97. The summed E-state index contributed by atoms with van der Waals surface area (Å²) in [4.78, 5) is 22.2. The van der Waals surface area contributed by atoms with Crippen molar-refractivity contribution in [2.75, 3.05) is 7.11 Å². The molecule has 10 heteroatoms. The van der Waals surface area contributed by atoms with Crippen molar-refractivity contribution in [3.63, 3.8) is 0 Å². The molecule has 3 rings (SSSR count). The number of sulfonamides is 1. The molecule has 0 fully saturated rings. The van der Waals surface area contributed by atoms with Crippen LogP contribution in [0.5, 0.6) is 0 Å². The summed E-state index contributed by atoms with van der Waals surface area (Å²) in [5, 5.41) is 12.0. The molecule has 9 nitrogen and oxygen atoms in total. The molecule has 1 heterocycles. The average Bonchev–Trinajstić information content (AvgIpc) is 3.02. The second-order valence-corrected chi connectivity index (χ2v) is 8.28. The van der Waals surface area contributed by atoms with Gasteiger partial charge in [0.05, 0.1) is 16.9 Å². The average molecular weight is 406 g/mol. The lowest BCUT2D eigenvalue weighted by atomic mass is 10.1. The van der Waals surface area contributed by atoms with Crippen LogP contribution in [0.15, 0.2) is 45.7 Å². The number of ether oxygens (including phenoxy) is 1. The molecule has 1 atom stereocenters. The highest BCUT2D eigenvalue weighted by Crippen LogP contribution is 2.32. The summed E-state index contributed by atoms with van der Waals surface area (Å²) in [5.41, 5.74) is 0.571. The van der Waals surface area contributed by atoms with Crippen LogP contribution in [0.3, 0.4) is 0 Å². The maximum absolute atomic E-state index is 12.7. The van der Waals surface area contributed by atoms with Crippen LogP contribution in [0.1, 0.15) is 13.8 Å². The minimum Gasteiger partial charge on any atom is -0.468 e. The Kier molecular flexibility index (Phi) is 5.09. The van der Waals surface area contributed by atoms with Gasteiger partial charge in [-0.2, -0.15) is 4.72 Å². The highest BCUT2D eigenvalue weighted by molar-refractivity contribution is 7.89. The van der Waals surface area contributed by atoms with Gasteiger partial charge in [-0.1, -0.05) is 13.8 Å². The fourth-order valence-corrected chi connectivity index (χ4v) is 4.19. The van der Waals surface area contributed by atoms with E-state index in [2.05, 4.69) is 9.46 Å². The normalized spacial score (nSPS) is 13.1. The molecule has 1 aromatic heterocycles. The maximum Gasteiger partial charge on any atom is 0.324 e. The highest BCUT2D eigenvalue weighted by Gasteiger charge is 2.29. The van der Waals surface area contributed by atoms with Crippen LogP contribution in [0, 0.1) is 16.0 Å². The third kappa shape index (κ3) is 3.56. The summed E-state index contributed by atoms with van der Waals surface area (Å²) in [7, 11) is -2.84. The molecule has 0 saturated carbocycles. The van der Waals surface area contributed by atoms with Crippen molar-refractivity contribution in [2.24, 2.45) is 5.92 Å². The number of hydrogen-bond donors (Lipinski definition) is 1. The lowest BCUT2D eigenvalue weighted by Gasteiger charge is -2.19. The van der Waals surface area contributed by atoms with Crippen molar-refractivity contribution in [2.45, 2.75) is 24.8 Å². The zero-order chi connectivity index (χ0) is 20.6. The Morgan fingerprint density at radius 3 is 2.46 bits per heavy atom. The number of nitro groups is 1. The number of esters is 1. The maximum atomic E-state index is 12.7. The second-order valence-electron chi connectivity index (χ2n) is 6.56. The van der Waals surface area contributed by atoms with E-state index < -0.39 is 27.0 Å². The van der Waals surface area contributed by atoms with Crippen molar-refractivity contribution in [1.29, 1.82) is 0 Å². The number of nitrogens with zero attached hydrogens (tertiary/aromatic N) is 1. The number of non-ortho nitro benzene ring substituents is 1. The van der Waals surface area contributed by atoms with E-state index in [1.165, 1.54) is 43.5 Å². The van der Waals surface area contributed by atoms with Crippen LogP contribution in [0.4, 0.5) is 5.69 Å². The van der Waals surface area contributed by atoms with Crippen LogP contribution in [0.25, 0.3) is 21.9 Å². The van der Waals surface area contributed by atoms with Crippen LogP contribution in [-0.2, 0) is 19.6 Å². The van der Waals surface area contributed by atoms with Gasteiger partial charge < -0.3 is 9.15 Å². The Balaban J connectivity index is 2.04. The van der Waals surface area contributed by atoms with Crippen LogP contribution in [-0.4, -0.2) is 32.5 Å². The van der Waals surface area contributed by atoms with Crippen LogP contribution < -0.4 is 4.72 Å². The van der Waals surface area contributed by atoms with Gasteiger partial charge in [-0.25, -0.2) is 8.42 Å². The Labute approximate surface area is 160 Å². The number of nitro benzene ring substituents is 1. The van der Waals surface area contributed by atoms with Gasteiger partial charge in [-0.15, -0.1) is 0 Å². The van der Waals surface area contributed by atoms with E-state index in [1.54, 1.807) is 13.8 Å². The Morgan fingerprint density at radius 1 is 1.14 bits per heavy atom. The number of carbonyl (C=O) groups excluding carboxylic acids is 1. The number of carbonyl (C=O) groups is 1. The number of benzene rings is 2.